The Hall–Kier alpha value is -0.280. The summed E-state index contributed by atoms with van der Waals surface area (Å²) >= 11 is 12.1. The zero-order valence-corrected chi connectivity index (χ0v) is 14.1. The highest BCUT2D eigenvalue weighted by Gasteiger charge is 2.31. The van der Waals surface area contributed by atoms with Crippen LogP contribution >= 0.6 is 23.2 Å². The Morgan fingerprint density at radius 1 is 1.30 bits per heavy atom. The predicted octanol–water partition coefficient (Wildman–Crippen LogP) is 4.35. The van der Waals surface area contributed by atoms with E-state index in [1.807, 2.05) is 12.1 Å². The molecule has 1 heterocycles. The lowest BCUT2D eigenvalue weighted by atomic mass is 9.96. The van der Waals surface area contributed by atoms with Gasteiger partial charge < -0.3 is 5.32 Å². The molecule has 0 radical (unpaired) electrons. The van der Waals surface area contributed by atoms with E-state index in [4.69, 9.17) is 23.2 Å². The standard InChI is InChI=1S/C16H24Cl2N2/c1-4-5-13-9-19-16(2,3)11-20(13)10-12-6-7-14(17)15(18)8-12/h6-8,13,19H,4-5,9-11H2,1-3H3. The Morgan fingerprint density at radius 3 is 2.70 bits per heavy atom. The largest absolute Gasteiger partial charge is 0.309 e. The van der Waals surface area contributed by atoms with Crippen LogP contribution in [0.2, 0.25) is 10.0 Å². The van der Waals surface area contributed by atoms with Crippen molar-refractivity contribution < 1.29 is 0 Å². The second kappa shape index (κ2) is 6.65. The summed E-state index contributed by atoms with van der Waals surface area (Å²) in [6, 6.07) is 6.55. The van der Waals surface area contributed by atoms with E-state index in [9.17, 15) is 0 Å². The molecule has 0 saturated carbocycles. The van der Waals surface area contributed by atoms with E-state index >= 15 is 0 Å². The summed E-state index contributed by atoms with van der Waals surface area (Å²) in [6.45, 7) is 9.82. The Bertz CT molecular complexity index is 460. The zero-order chi connectivity index (χ0) is 14.8. The zero-order valence-electron chi connectivity index (χ0n) is 12.5. The van der Waals surface area contributed by atoms with Gasteiger partial charge in [0.2, 0.25) is 0 Å². The molecule has 4 heteroatoms. The van der Waals surface area contributed by atoms with Gasteiger partial charge in [-0.25, -0.2) is 0 Å². The first-order chi connectivity index (χ1) is 9.41. The van der Waals surface area contributed by atoms with Crippen molar-refractivity contribution in [2.24, 2.45) is 0 Å². The van der Waals surface area contributed by atoms with Crippen LogP contribution in [0.25, 0.3) is 0 Å². The van der Waals surface area contributed by atoms with Crippen LogP contribution in [-0.2, 0) is 6.54 Å². The molecule has 0 aromatic heterocycles. The third kappa shape index (κ3) is 4.11. The summed E-state index contributed by atoms with van der Waals surface area (Å²) in [5, 5.41) is 4.91. The molecule has 1 aromatic carbocycles. The quantitative estimate of drug-likeness (QED) is 0.889. The first-order valence-corrected chi connectivity index (χ1v) is 8.10. The van der Waals surface area contributed by atoms with Crippen molar-refractivity contribution in [1.29, 1.82) is 0 Å². The van der Waals surface area contributed by atoms with Crippen molar-refractivity contribution in [1.82, 2.24) is 10.2 Å². The molecule has 1 fully saturated rings. The van der Waals surface area contributed by atoms with Crippen LogP contribution in [0.5, 0.6) is 0 Å². The highest BCUT2D eigenvalue weighted by molar-refractivity contribution is 6.42. The molecular formula is C16H24Cl2N2. The van der Waals surface area contributed by atoms with Crippen molar-refractivity contribution in [2.45, 2.75) is 51.7 Å². The number of nitrogens with zero attached hydrogens (tertiary/aromatic N) is 1. The van der Waals surface area contributed by atoms with E-state index in [0.29, 0.717) is 16.1 Å². The van der Waals surface area contributed by atoms with Gasteiger partial charge in [-0.05, 0) is 38.0 Å². The van der Waals surface area contributed by atoms with Gasteiger partial charge in [0.05, 0.1) is 10.0 Å². The fraction of sp³-hybridized carbons (Fsp3) is 0.625. The maximum Gasteiger partial charge on any atom is 0.0595 e. The number of nitrogens with one attached hydrogen (secondary N) is 1. The molecule has 1 aliphatic rings. The lowest BCUT2D eigenvalue weighted by Crippen LogP contribution is -2.61. The highest BCUT2D eigenvalue weighted by Crippen LogP contribution is 2.25. The minimum atomic E-state index is 0.167. The topological polar surface area (TPSA) is 15.3 Å². The molecule has 1 aliphatic heterocycles. The van der Waals surface area contributed by atoms with Crippen molar-refractivity contribution in [3.8, 4) is 0 Å². The van der Waals surface area contributed by atoms with Gasteiger partial charge in [-0.1, -0.05) is 42.6 Å². The highest BCUT2D eigenvalue weighted by atomic mass is 35.5. The summed E-state index contributed by atoms with van der Waals surface area (Å²) < 4.78 is 0. The summed E-state index contributed by atoms with van der Waals surface area (Å²) in [6.07, 6.45) is 2.44. The van der Waals surface area contributed by atoms with Gasteiger partial charge in [0, 0.05) is 31.2 Å². The lowest BCUT2D eigenvalue weighted by molar-refractivity contribution is 0.0827. The van der Waals surface area contributed by atoms with Crippen LogP contribution in [0, 0.1) is 0 Å². The van der Waals surface area contributed by atoms with Gasteiger partial charge in [0.1, 0.15) is 0 Å². The Morgan fingerprint density at radius 2 is 2.05 bits per heavy atom. The molecule has 2 rings (SSSR count). The van der Waals surface area contributed by atoms with E-state index < -0.39 is 0 Å². The maximum atomic E-state index is 6.12. The second-order valence-corrected chi connectivity index (χ2v) is 7.18. The molecule has 1 saturated heterocycles. The van der Waals surface area contributed by atoms with Crippen molar-refractivity contribution in [2.75, 3.05) is 13.1 Å². The molecule has 0 bridgehead atoms. The monoisotopic (exact) mass is 314 g/mol. The third-order valence-corrected chi connectivity index (χ3v) is 4.66. The summed E-state index contributed by atoms with van der Waals surface area (Å²) in [5.74, 6) is 0. The first-order valence-electron chi connectivity index (χ1n) is 7.34. The normalized spacial score (nSPS) is 22.9. The average molecular weight is 315 g/mol. The van der Waals surface area contributed by atoms with Crippen LogP contribution in [0.3, 0.4) is 0 Å². The smallest absolute Gasteiger partial charge is 0.0595 e. The third-order valence-electron chi connectivity index (χ3n) is 3.92. The van der Waals surface area contributed by atoms with Crippen molar-refractivity contribution in [3.05, 3.63) is 33.8 Å². The fourth-order valence-electron chi connectivity index (χ4n) is 2.89. The van der Waals surface area contributed by atoms with Gasteiger partial charge >= 0.3 is 0 Å². The minimum Gasteiger partial charge on any atom is -0.309 e. The van der Waals surface area contributed by atoms with Crippen molar-refractivity contribution in [3.63, 3.8) is 0 Å². The lowest BCUT2D eigenvalue weighted by Gasteiger charge is -2.44. The number of rotatable bonds is 4. The van der Waals surface area contributed by atoms with Crippen LogP contribution in [0.1, 0.15) is 39.2 Å². The van der Waals surface area contributed by atoms with Gasteiger partial charge in [-0.15, -0.1) is 0 Å². The maximum absolute atomic E-state index is 6.12. The van der Waals surface area contributed by atoms with Gasteiger partial charge in [-0.3, -0.25) is 4.90 Å². The first kappa shape index (κ1) is 16.1. The number of hydrogen-bond donors (Lipinski definition) is 1. The van der Waals surface area contributed by atoms with E-state index in [0.717, 1.165) is 19.6 Å². The number of benzene rings is 1. The molecule has 0 aliphatic carbocycles. The second-order valence-electron chi connectivity index (χ2n) is 6.36. The molecule has 0 amide bonds. The van der Waals surface area contributed by atoms with Crippen molar-refractivity contribution >= 4 is 23.2 Å². The molecular weight excluding hydrogens is 291 g/mol. The van der Waals surface area contributed by atoms with Crippen LogP contribution < -0.4 is 5.32 Å². The molecule has 1 atom stereocenters. The number of piperazine rings is 1. The number of halogens is 2. The van der Waals surface area contributed by atoms with Gasteiger partial charge in [0.15, 0.2) is 0 Å². The van der Waals surface area contributed by atoms with E-state index in [1.54, 1.807) is 0 Å². The van der Waals surface area contributed by atoms with Gasteiger partial charge in [0.25, 0.3) is 0 Å². The molecule has 2 nitrogen and oxygen atoms in total. The Kier molecular flexibility index (Phi) is 5.36. The van der Waals surface area contributed by atoms with Gasteiger partial charge in [-0.2, -0.15) is 0 Å². The summed E-state index contributed by atoms with van der Waals surface area (Å²) in [4.78, 5) is 2.57. The van der Waals surface area contributed by atoms with Crippen LogP contribution in [-0.4, -0.2) is 29.6 Å². The average Bonchev–Trinajstić information content (AvgIpc) is 2.37. The fourth-order valence-corrected chi connectivity index (χ4v) is 3.21. The SMILES string of the molecule is CCCC1CNC(C)(C)CN1Cc1ccc(Cl)c(Cl)c1. The van der Waals surface area contributed by atoms with E-state index in [-0.39, 0.29) is 5.54 Å². The molecule has 1 unspecified atom stereocenters. The predicted molar refractivity (Wildman–Crippen MR) is 87.6 cm³/mol. The molecule has 0 spiro atoms. The summed E-state index contributed by atoms with van der Waals surface area (Å²) in [5.41, 5.74) is 1.40. The molecule has 1 N–H and O–H groups in total. The van der Waals surface area contributed by atoms with E-state index in [2.05, 4.69) is 37.1 Å². The Balaban J connectivity index is 2.11. The molecule has 112 valence electrons. The minimum absolute atomic E-state index is 0.167. The number of hydrogen-bond acceptors (Lipinski definition) is 2. The Labute approximate surface area is 132 Å². The van der Waals surface area contributed by atoms with Crippen LogP contribution in [0.4, 0.5) is 0 Å². The molecule has 1 aromatic rings. The van der Waals surface area contributed by atoms with Crippen LogP contribution in [0.15, 0.2) is 18.2 Å². The summed E-state index contributed by atoms with van der Waals surface area (Å²) in [7, 11) is 0. The van der Waals surface area contributed by atoms with E-state index in [1.165, 1.54) is 18.4 Å². The molecule has 20 heavy (non-hydrogen) atoms.